The first kappa shape index (κ1) is 17.0. The highest BCUT2D eigenvalue weighted by molar-refractivity contribution is 5.62. The summed E-state index contributed by atoms with van der Waals surface area (Å²) in [7, 11) is 4.14. The van der Waals surface area contributed by atoms with Crippen LogP contribution in [0.25, 0.3) is 11.1 Å². The molecule has 0 atom stereocenters. The Morgan fingerprint density at radius 2 is 1.76 bits per heavy atom. The molecule has 1 N–H and O–H groups in total. The van der Waals surface area contributed by atoms with E-state index in [2.05, 4.69) is 63.5 Å². The van der Waals surface area contributed by atoms with Gasteiger partial charge >= 0.3 is 0 Å². The lowest BCUT2D eigenvalue weighted by atomic mass is 10.1. The maximum Gasteiger partial charge on any atom is 0.222 e. The minimum Gasteiger partial charge on any atom is -0.354 e. The zero-order chi connectivity index (χ0) is 17.5. The van der Waals surface area contributed by atoms with Crippen LogP contribution in [0.3, 0.4) is 0 Å². The summed E-state index contributed by atoms with van der Waals surface area (Å²) in [5.41, 5.74) is 4.50. The Hall–Kier alpha value is -2.79. The van der Waals surface area contributed by atoms with Crippen LogP contribution in [0.2, 0.25) is 0 Å². The van der Waals surface area contributed by atoms with Crippen molar-refractivity contribution in [2.45, 2.75) is 13.0 Å². The van der Waals surface area contributed by atoms with Crippen molar-refractivity contribution in [3.63, 3.8) is 0 Å². The van der Waals surface area contributed by atoms with Gasteiger partial charge in [0.2, 0.25) is 5.95 Å². The minimum atomic E-state index is 0.643. The van der Waals surface area contributed by atoms with Crippen molar-refractivity contribution >= 4 is 5.95 Å². The van der Waals surface area contributed by atoms with Gasteiger partial charge in [0, 0.05) is 49.4 Å². The van der Waals surface area contributed by atoms with Gasteiger partial charge in [-0.05, 0) is 43.4 Å². The fourth-order valence-electron chi connectivity index (χ4n) is 2.63. The number of benzene rings is 1. The summed E-state index contributed by atoms with van der Waals surface area (Å²) < 4.78 is 0. The lowest BCUT2D eigenvalue weighted by Crippen LogP contribution is -2.10. The third-order valence-electron chi connectivity index (χ3n) is 3.80. The molecule has 1 aromatic carbocycles. The smallest absolute Gasteiger partial charge is 0.222 e. The summed E-state index contributed by atoms with van der Waals surface area (Å²) in [5, 5.41) is 3.24. The van der Waals surface area contributed by atoms with Crippen molar-refractivity contribution in [2.75, 3.05) is 26.0 Å². The average molecular weight is 333 g/mol. The van der Waals surface area contributed by atoms with Crippen molar-refractivity contribution in [3.8, 4) is 11.1 Å². The number of aromatic nitrogens is 3. The van der Waals surface area contributed by atoms with Crippen LogP contribution in [0.15, 0.2) is 61.1 Å². The number of hydrogen-bond donors (Lipinski definition) is 1. The number of nitrogens with zero attached hydrogens (tertiary/aromatic N) is 4. The maximum atomic E-state index is 4.42. The van der Waals surface area contributed by atoms with E-state index in [0.717, 1.165) is 36.3 Å². The van der Waals surface area contributed by atoms with Gasteiger partial charge in [-0.1, -0.05) is 24.3 Å². The van der Waals surface area contributed by atoms with Gasteiger partial charge in [0.1, 0.15) is 0 Å². The molecule has 0 radical (unpaired) electrons. The summed E-state index contributed by atoms with van der Waals surface area (Å²) >= 11 is 0. The molecule has 0 spiro atoms. The highest BCUT2D eigenvalue weighted by Gasteiger charge is 2.03. The molecule has 2 aromatic heterocycles. The standard InChI is InChI=1S/C20H23N5/c1-25(2)15-16-6-5-7-17(12-16)18-13-23-20(24-14-18)22-11-9-19-8-3-4-10-21-19/h3-8,10,12-14H,9,11,15H2,1-2H3,(H,22,23,24). The molecule has 3 aromatic rings. The first-order valence-corrected chi connectivity index (χ1v) is 8.40. The van der Waals surface area contributed by atoms with E-state index in [9.17, 15) is 0 Å². The van der Waals surface area contributed by atoms with Crippen LogP contribution in [0.5, 0.6) is 0 Å². The first-order valence-electron chi connectivity index (χ1n) is 8.40. The normalized spacial score (nSPS) is 10.8. The summed E-state index contributed by atoms with van der Waals surface area (Å²) in [5.74, 6) is 0.643. The molecule has 0 aliphatic heterocycles. The first-order chi connectivity index (χ1) is 12.2. The summed E-state index contributed by atoms with van der Waals surface area (Å²) in [4.78, 5) is 15.3. The molecule has 5 nitrogen and oxygen atoms in total. The van der Waals surface area contributed by atoms with Crippen LogP contribution in [0.4, 0.5) is 5.95 Å². The molecular formula is C20H23N5. The monoisotopic (exact) mass is 333 g/mol. The van der Waals surface area contributed by atoms with Crippen LogP contribution in [-0.4, -0.2) is 40.5 Å². The fourth-order valence-corrected chi connectivity index (χ4v) is 2.63. The maximum absolute atomic E-state index is 4.42. The Morgan fingerprint density at radius 1 is 0.920 bits per heavy atom. The lowest BCUT2D eigenvalue weighted by molar-refractivity contribution is 0.402. The van der Waals surface area contributed by atoms with E-state index in [1.54, 1.807) is 0 Å². The Bertz CT molecular complexity index is 785. The Morgan fingerprint density at radius 3 is 2.48 bits per heavy atom. The van der Waals surface area contributed by atoms with Gasteiger partial charge in [0.05, 0.1) is 0 Å². The minimum absolute atomic E-state index is 0.643. The largest absolute Gasteiger partial charge is 0.354 e. The Balaban J connectivity index is 1.60. The van der Waals surface area contributed by atoms with Gasteiger partial charge in [-0.15, -0.1) is 0 Å². The number of rotatable bonds is 7. The fraction of sp³-hybridized carbons (Fsp3) is 0.250. The average Bonchev–Trinajstić information content (AvgIpc) is 2.63. The molecule has 25 heavy (non-hydrogen) atoms. The van der Waals surface area contributed by atoms with Gasteiger partial charge < -0.3 is 10.2 Å². The molecule has 3 rings (SSSR count). The van der Waals surface area contributed by atoms with Crippen molar-refractivity contribution < 1.29 is 0 Å². The molecule has 128 valence electrons. The number of hydrogen-bond acceptors (Lipinski definition) is 5. The van der Waals surface area contributed by atoms with E-state index < -0.39 is 0 Å². The highest BCUT2D eigenvalue weighted by atomic mass is 15.1. The van der Waals surface area contributed by atoms with E-state index in [1.807, 2.05) is 36.8 Å². The molecule has 0 fully saturated rings. The zero-order valence-corrected chi connectivity index (χ0v) is 14.7. The molecule has 0 saturated heterocycles. The molecule has 2 heterocycles. The van der Waals surface area contributed by atoms with Crippen LogP contribution >= 0.6 is 0 Å². The molecular weight excluding hydrogens is 310 g/mol. The van der Waals surface area contributed by atoms with E-state index in [1.165, 1.54) is 5.56 Å². The van der Waals surface area contributed by atoms with Gasteiger partial charge in [0.25, 0.3) is 0 Å². The van der Waals surface area contributed by atoms with E-state index in [-0.39, 0.29) is 0 Å². The summed E-state index contributed by atoms with van der Waals surface area (Å²) in [6, 6.07) is 14.4. The van der Waals surface area contributed by atoms with E-state index >= 15 is 0 Å². The second-order valence-electron chi connectivity index (χ2n) is 6.23. The van der Waals surface area contributed by atoms with Gasteiger partial charge in [-0.25, -0.2) is 9.97 Å². The highest BCUT2D eigenvalue weighted by Crippen LogP contribution is 2.20. The van der Waals surface area contributed by atoms with Gasteiger partial charge in [-0.2, -0.15) is 0 Å². The lowest BCUT2D eigenvalue weighted by Gasteiger charge is -2.11. The molecule has 0 saturated carbocycles. The van der Waals surface area contributed by atoms with Crippen molar-refractivity contribution in [1.29, 1.82) is 0 Å². The van der Waals surface area contributed by atoms with Crippen LogP contribution in [0.1, 0.15) is 11.3 Å². The van der Waals surface area contributed by atoms with Crippen LogP contribution < -0.4 is 5.32 Å². The molecule has 5 heteroatoms. The summed E-state index contributed by atoms with van der Waals surface area (Å²) in [6.45, 7) is 1.68. The van der Waals surface area contributed by atoms with Crippen molar-refractivity contribution in [2.24, 2.45) is 0 Å². The second kappa shape index (κ2) is 8.35. The molecule has 0 bridgehead atoms. The SMILES string of the molecule is CN(C)Cc1cccc(-c2cnc(NCCc3ccccn3)nc2)c1. The van der Waals surface area contributed by atoms with Crippen molar-refractivity contribution in [1.82, 2.24) is 19.9 Å². The molecule has 0 unspecified atom stereocenters. The van der Waals surface area contributed by atoms with E-state index in [4.69, 9.17) is 0 Å². The molecule has 0 aliphatic carbocycles. The third kappa shape index (κ3) is 5.09. The van der Waals surface area contributed by atoms with Gasteiger partial charge in [0.15, 0.2) is 0 Å². The predicted octanol–water partition coefficient (Wildman–Crippen LogP) is 3.25. The number of pyridine rings is 1. The van der Waals surface area contributed by atoms with Crippen molar-refractivity contribution in [3.05, 3.63) is 72.3 Å². The Labute approximate surface area is 148 Å². The van der Waals surface area contributed by atoms with Crippen LogP contribution in [-0.2, 0) is 13.0 Å². The molecule has 0 amide bonds. The number of nitrogens with one attached hydrogen (secondary N) is 1. The topological polar surface area (TPSA) is 53.9 Å². The molecule has 0 aliphatic rings. The zero-order valence-electron chi connectivity index (χ0n) is 14.7. The number of anilines is 1. The van der Waals surface area contributed by atoms with E-state index in [0.29, 0.717) is 5.95 Å². The second-order valence-corrected chi connectivity index (χ2v) is 6.23. The quantitative estimate of drug-likeness (QED) is 0.719. The van der Waals surface area contributed by atoms with Crippen LogP contribution in [0, 0.1) is 0 Å². The predicted molar refractivity (Wildman–Crippen MR) is 101 cm³/mol. The summed E-state index contributed by atoms with van der Waals surface area (Å²) in [6.07, 6.45) is 6.39. The third-order valence-corrected chi connectivity index (χ3v) is 3.80. The Kier molecular flexibility index (Phi) is 5.69. The van der Waals surface area contributed by atoms with Gasteiger partial charge in [-0.3, -0.25) is 4.98 Å².